The Bertz CT molecular complexity index is 186. The van der Waals surface area contributed by atoms with Crippen LogP contribution in [0.1, 0.15) is 0 Å². The van der Waals surface area contributed by atoms with Gasteiger partial charge in [-0.3, -0.25) is 4.79 Å². The minimum atomic E-state index is 0. The molecule has 0 saturated heterocycles. The molecule has 1 rings (SSSR count). The average Bonchev–Trinajstić information content (AvgIpc) is 1.91. The van der Waals surface area contributed by atoms with E-state index in [1.165, 1.54) is 0 Å². The molecule has 0 aliphatic carbocycles. The number of ether oxygens (including phenoxy) is 1. The quantitative estimate of drug-likeness (QED) is 0.514. The van der Waals surface area contributed by atoms with Crippen molar-refractivity contribution in [2.24, 2.45) is 0 Å². The Hall–Kier alpha value is -0.687. The zero-order valence-electron chi connectivity index (χ0n) is 5.49. The zero-order chi connectivity index (χ0) is 6.53. The predicted octanol–water partition coefficient (Wildman–Crippen LogP) is 1.22. The second-order valence-corrected chi connectivity index (χ2v) is 1.53. The molecule has 0 saturated carbocycles. The maximum atomic E-state index is 9.75. The minimum Gasteiger partial charge on any atom is -0.429 e. The van der Waals surface area contributed by atoms with Gasteiger partial charge in [0.2, 0.25) is 0 Å². The Balaban J connectivity index is 0.000000810. The maximum absolute atomic E-state index is 9.75. The minimum absolute atomic E-state index is 0. The van der Waals surface area contributed by atoms with Crippen molar-refractivity contribution in [3.05, 3.63) is 30.3 Å². The molecular weight excluding hydrogens is 181 g/mol. The summed E-state index contributed by atoms with van der Waals surface area (Å²) in [6.07, 6.45) is 0. The van der Waals surface area contributed by atoms with Crippen LogP contribution in [-0.4, -0.2) is 6.47 Å². The SMILES string of the molecule is O=COc1ccccc1.[Zn]. The summed E-state index contributed by atoms with van der Waals surface area (Å²) in [5.41, 5.74) is 0. The van der Waals surface area contributed by atoms with Gasteiger partial charge in [0.05, 0.1) is 0 Å². The average molecular weight is 188 g/mol. The van der Waals surface area contributed by atoms with Gasteiger partial charge < -0.3 is 4.74 Å². The molecule has 1 aromatic carbocycles. The van der Waals surface area contributed by atoms with E-state index in [4.69, 9.17) is 0 Å². The summed E-state index contributed by atoms with van der Waals surface area (Å²) < 4.78 is 4.53. The van der Waals surface area contributed by atoms with Crippen molar-refractivity contribution in [1.82, 2.24) is 0 Å². The van der Waals surface area contributed by atoms with Crippen LogP contribution in [-0.2, 0) is 24.3 Å². The van der Waals surface area contributed by atoms with Gasteiger partial charge in [-0.1, -0.05) is 18.2 Å². The summed E-state index contributed by atoms with van der Waals surface area (Å²) in [4.78, 5) is 9.75. The number of hydrogen-bond donors (Lipinski definition) is 0. The van der Waals surface area contributed by atoms with Gasteiger partial charge in [0.25, 0.3) is 6.47 Å². The first-order chi connectivity index (χ1) is 4.43. The summed E-state index contributed by atoms with van der Waals surface area (Å²) in [6, 6.07) is 8.90. The standard InChI is InChI=1S/C7H6O2.Zn/c8-6-9-7-4-2-1-3-5-7;/h1-6H;. The van der Waals surface area contributed by atoms with Gasteiger partial charge in [0.1, 0.15) is 5.75 Å². The topological polar surface area (TPSA) is 26.3 Å². The first kappa shape index (κ1) is 9.31. The normalized spacial score (nSPS) is 7.60. The van der Waals surface area contributed by atoms with Crippen LogP contribution in [0.2, 0.25) is 0 Å². The molecule has 3 heteroatoms. The maximum Gasteiger partial charge on any atom is 0.298 e. The van der Waals surface area contributed by atoms with E-state index < -0.39 is 0 Å². The molecule has 1 aromatic rings. The van der Waals surface area contributed by atoms with Crippen LogP contribution < -0.4 is 4.74 Å². The van der Waals surface area contributed by atoms with Crippen LogP contribution >= 0.6 is 0 Å². The van der Waals surface area contributed by atoms with E-state index in [1.807, 2.05) is 6.07 Å². The molecule has 0 atom stereocenters. The molecule has 0 unspecified atom stereocenters. The Labute approximate surface area is 72.0 Å². The van der Waals surface area contributed by atoms with Crippen LogP contribution in [0.4, 0.5) is 0 Å². The third-order valence-corrected chi connectivity index (χ3v) is 0.927. The van der Waals surface area contributed by atoms with Gasteiger partial charge in [-0.15, -0.1) is 0 Å². The summed E-state index contributed by atoms with van der Waals surface area (Å²) >= 11 is 0. The molecule has 10 heavy (non-hydrogen) atoms. The Morgan fingerprint density at radius 3 is 2.30 bits per heavy atom. The third kappa shape index (κ3) is 2.74. The molecule has 0 bridgehead atoms. The van der Waals surface area contributed by atoms with E-state index in [0.29, 0.717) is 12.2 Å². The van der Waals surface area contributed by atoms with Gasteiger partial charge in [0, 0.05) is 19.5 Å². The van der Waals surface area contributed by atoms with Crippen molar-refractivity contribution in [2.45, 2.75) is 0 Å². The van der Waals surface area contributed by atoms with E-state index in [9.17, 15) is 4.79 Å². The summed E-state index contributed by atoms with van der Waals surface area (Å²) in [5, 5.41) is 0. The zero-order valence-corrected chi connectivity index (χ0v) is 8.45. The van der Waals surface area contributed by atoms with Crippen LogP contribution in [0.25, 0.3) is 0 Å². The molecule has 0 aliphatic heterocycles. The molecule has 0 heterocycles. The number of carbonyl (C=O) groups is 1. The van der Waals surface area contributed by atoms with E-state index in [1.54, 1.807) is 24.3 Å². The Morgan fingerprint density at radius 1 is 1.20 bits per heavy atom. The monoisotopic (exact) mass is 186 g/mol. The van der Waals surface area contributed by atoms with Crippen molar-refractivity contribution in [3.8, 4) is 5.75 Å². The number of carbonyl (C=O) groups excluding carboxylic acids is 1. The Kier molecular flexibility index (Phi) is 4.77. The number of para-hydroxylation sites is 1. The van der Waals surface area contributed by atoms with E-state index >= 15 is 0 Å². The van der Waals surface area contributed by atoms with E-state index in [2.05, 4.69) is 4.74 Å². The third-order valence-electron chi connectivity index (χ3n) is 0.927. The van der Waals surface area contributed by atoms with Crippen molar-refractivity contribution < 1.29 is 29.0 Å². The van der Waals surface area contributed by atoms with E-state index in [0.717, 1.165) is 0 Å². The molecule has 48 valence electrons. The van der Waals surface area contributed by atoms with E-state index in [-0.39, 0.29) is 19.5 Å². The van der Waals surface area contributed by atoms with Gasteiger partial charge >= 0.3 is 0 Å². The number of hydrogen-bond acceptors (Lipinski definition) is 2. The largest absolute Gasteiger partial charge is 0.429 e. The molecule has 0 fully saturated rings. The summed E-state index contributed by atoms with van der Waals surface area (Å²) in [7, 11) is 0. The first-order valence-electron chi connectivity index (χ1n) is 2.59. The van der Waals surface area contributed by atoms with Crippen LogP contribution in [0, 0.1) is 0 Å². The molecule has 0 aromatic heterocycles. The van der Waals surface area contributed by atoms with Crippen molar-refractivity contribution in [3.63, 3.8) is 0 Å². The second-order valence-electron chi connectivity index (χ2n) is 1.53. The molecule has 0 spiro atoms. The second kappa shape index (κ2) is 5.13. The molecule has 0 N–H and O–H groups in total. The molecular formula is C7H6O2Zn. The summed E-state index contributed by atoms with van der Waals surface area (Å²) in [6.45, 7) is 0.412. The van der Waals surface area contributed by atoms with Crippen LogP contribution in [0.5, 0.6) is 5.75 Å². The van der Waals surface area contributed by atoms with Gasteiger partial charge in [0.15, 0.2) is 0 Å². The van der Waals surface area contributed by atoms with Crippen molar-refractivity contribution >= 4 is 6.47 Å². The fourth-order valence-electron chi connectivity index (χ4n) is 0.555. The Morgan fingerprint density at radius 2 is 1.80 bits per heavy atom. The molecule has 0 radical (unpaired) electrons. The summed E-state index contributed by atoms with van der Waals surface area (Å²) in [5.74, 6) is 0.576. The first-order valence-corrected chi connectivity index (χ1v) is 2.59. The van der Waals surface area contributed by atoms with Crippen LogP contribution in [0.3, 0.4) is 0 Å². The molecule has 2 nitrogen and oxygen atoms in total. The molecule has 0 aliphatic rings. The van der Waals surface area contributed by atoms with Crippen molar-refractivity contribution in [1.29, 1.82) is 0 Å². The number of benzene rings is 1. The fraction of sp³-hybridized carbons (Fsp3) is 0. The van der Waals surface area contributed by atoms with Gasteiger partial charge in [-0.05, 0) is 12.1 Å². The number of rotatable bonds is 2. The van der Waals surface area contributed by atoms with Crippen molar-refractivity contribution in [2.75, 3.05) is 0 Å². The van der Waals surface area contributed by atoms with Gasteiger partial charge in [-0.25, -0.2) is 0 Å². The smallest absolute Gasteiger partial charge is 0.298 e. The fourth-order valence-corrected chi connectivity index (χ4v) is 0.555. The van der Waals surface area contributed by atoms with Gasteiger partial charge in [-0.2, -0.15) is 0 Å². The van der Waals surface area contributed by atoms with Crippen LogP contribution in [0.15, 0.2) is 30.3 Å². The molecule has 0 amide bonds. The predicted molar refractivity (Wildman–Crippen MR) is 33.1 cm³/mol.